The first-order valence-corrected chi connectivity index (χ1v) is 7.37. The van der Waals surface area contributed by atoms with Crippen LogP contribution in [0.2, 0.25) is 0 Å². The largest absolute Gasteiger partial charge is 0.497 e. The van der Waals surface area contributed by atoms with E-state index in [1.165, 1.54) is 0 Å². The highest BCUT2D eigenvalue weighted by Gasteiger charge is 2.41. The molecule has 5 heteroatoms. The number of hydrogen-bond acceptors (Lipinski definition) is 3. The smallest absolute Gasteiger partial charge is 0.125 e. The van der Waals surface area contributed by atoms with Crippen molar-refractivity contribution < 1.29 is 9.47 Å². The first-order valence-electron chi connectivity index (χ1n) is 6.83. The van der Waals surface area contributed by atoms with Crippen LogP contribution in [0.4, 0.5) is 0 Å². The van der Waals surface area contributed by atoms with Crippen molar-refractivity contribution in [3.63, 3.8) is 0 Å². The molecule has 0 amide bonds. The highest BCUT2D eigenvalue weighted by Crippen LogP contribution is 2.37. The van der Waals surface area contributed by atoms with E-state index in [0.29, 0.717) is 5.88 Å². The van der Waals surface area contributed by atoms with Crippen molar-refractivity contribution in [2.45, 2.75) is 37.8 Å². The number of nitrogens with zero attached hydrogens (tertiary/aromatic N) is 2. The molecule has 2 aromatic rings. The molecule has 1 aliphatic heterocycles. The van der Waals surface area contributed by atoms with Gasteiger partial charge in [-0.05, 0) is 32.4 Å². The Morgan fingerprint density at radius 1 is 1.55 bits per heavy atom. The summed E-state index contributed by atoms with van der Waals surface area (Å²) in [5.41, 5.74) is 1.90. The third-order valence-electron chi connectivity index (χ3n) is 4.41. The molecule has 2 heterocycles. The Balaban J connectivity index is 2.23. The molecule has 0 bridgehead atoms. The van der Waals surface area contributed by atoms with E-state index in [9.17, 15) is 0 Å². The minimum atomic E-state index is -0.104. The van der Waals surface area contributed by atoms with Crippen molar-refractivity contribution in [2.75, 3.05) is 13.7 Å². The number of alkyl halides is 1. The minimum absolute atomic E-state index is 0.104. The summed E-state index contributed by atoms with van der Waals surface area (Å²) in [5.74, 6) is 2.08. The van der Waals surface area contributed by atoms with Crippen LogP contribution in [0.3, 0.4) is 0 Å². The van der Waals surface area contributed by atoms with E-state index >= 15 is 0 Å². The number of methoxy groups -OCH3 is 1. The van der Waals surface area contributed by atoms with Gasteiger partial charge in [0, 0.05) is 12.7 Å². The maximum atomic E-state index is 6.11. The molecule has 0 aliphatic carbocycles. The quantitative estimate of drug-likeness (QED) is 0.815. The van der Waals surface area contributed by atoms with Gasteiger partial charge in [-0.25, -0.2) is 4.98 Å². The summed E-state index contributed by atoms with van der Waals surface area (Å²) in [7, 11) is 1.66. The van der Waals surface area contributed by atoms with E-state index in [4.69, 9.17) is 21.1 Å². The molecule has 0 saturated carbocycles. The summed E-state index contributed by atoms with van der Waals surface area (Å²) in [6.07, 6.45) is 1.11. The molecule has 2 unspecified atom stereocenters. The molecule has 0 radical (unpaired) electrons. The highest BCUT2D eigenvalue weighted by atomic mass is 35.5. The third kappa shape index (κ3) is 1.90. The number of rotatable bonds is 3. The Morgan fingerprint density at radius 2 is 2.35 bits per heavy atom. The van der Waals surface area contributed by atoms with E-state index in [1.54, 1.807) is 7.11 Å². The Bertz CT molecular complexity index is 640. The van der Waals surface area contributed by atoms with Gasteiger partial charge in [0.05, 0.1) is 35.7 Å². The number of aromatic nitrogens is 2. The molecule has 2 atom stereocenters. The number of fused-ring (bicyclic) bond motifs is 1. The van der Waals surface area contributed by atoms with Crippen LogP contribution in [-0.4, -0.2) is 29.4 Å². The van der Waals surface area contributed by atoms with Gasteiger partial charge in [-0.1, -0.05) is 0 Å². The van der Waals surface area contributed by atoms with E-state index in [2.05, 4.69) is 23.4 Å². The van der Waals surface area contributed by atoms with Crippen molar-refractivity contribution in [1.29, 1.82) is 0 Å². The molecule has 0 spiro atoms. The topological polar surface area (TPSA) is 36.3 Å². The van der Waals surface area contributed by atoms with Gasteiger partial charge in [-0.2, -0.15) is 0 Å². The van der Waals surface area contributed by atoms with Crippen molar-refractivity contribution in [3.05, 3.63) is 24.0 Å². The predicted octanol–water partition coefficient (Wildman–Crippen LogP) is 3.31. The lowest BCUT2D eigenvalue weighted by Gasteiger charge is -2.31. The minimum Gasteiger partial charge on any atom is -0.497 e. The van der Waals surface area contributed by atoms with E-state index in [1.807, 2.05) is 18.2 Å². The summed E-state index contributed by atoms with van der Waals surface area (Å²) in [4.78, 5) is 4.66. The second kappa shape index (κ2) is 4.93. The molecule has 1 fully saturated rings. The summed E-state index contributed by atoms with van der Waals surface area (Å²) in [6.45, 7) is 5.10. The van der Waals surface area contributed by atoms with Crippen LogP contribution in [-0.2, 0) is 16.2 Å². The zero-order chi connectivity index (χ0) is 14.3. The van der Waals surface area contributed by atoms with Crippen LogP contribution >= 0.6 is 11.6 Å². The van der Waals surface area contributed by atoms with E-state index in [0.717, 1.165) is 35.6 Å². The van der Waals surface area contributed by atoms with Crippen LogP contribution in [0.1, 0.15) is 26.1 Å². The van der Waals surface area contributed by atoms with Gasteiger partial charge in [0.25, 0.3) is 0 Å². The number of halogens is 1. The molecule has 1 aromatic carbocycles. The second-order valence-electron chi connectivity index (χ2n) is 5.47. The van der Waals surface area contributed by atoms with Crippen LogP contribution in [0, 0.1) is 0 Å². The molecule has 1 aromatic heterocycles. The molecule has 0 N–H and O–H groups in total. The molecule has 1 saturated heterocycles. The van der Waals surface area contributed by atoms with E-state index < -0.39 is 0 Å². The Hall–Kier alpha value is -1.26. The van der Waals surface area contributed by atoms with Crippen LogP contribution in [0.25, 0.3) is 11.0 Å². The standard InChI is InChI=1S/C15H19ClN2O2/c1-10-15(2,6-7-20-10)18-13-5-4-11(19-3)8-12(13)17-14(18)9-16/h4-5,8,10H,6-7,9H2,1-3H3. The van der Waals surface area contributed by atoms with Crippen molar-refractivity contribution >= 4 is 22.6 Å². The molecular weight excluding hydrogens is 276 g/mol. The van der Waals surface area contributed by atoms with Crippen LogP contribution in [0.15, 0.2) is 18.2 Å². The van der Waals surface area contributed by atoms with Gasteiger partial charge in [0.2, 0.25) is 0 Å². The average Bonchev–Trinajstić information content (AvgIpc) is 2.99. The average molecular weight is 295 g/mol. The van der Waals surface area contributed by atoms with Gasteiger partial charge < -0.3 is 14.0 Å². The highest BCUT2D eigenvalue weighted by molar-refractivity contribution is 6.16. The zero-order valence-electron chi connectivity index (χ0n) is 12.0. The monoisotopic (exact) mass is 294 g/mol. The van der Waals surface area contributed by atoms with Crippen LogP contribution in [0.5, 0.6) is 5.75 Å². The van der Waals surface area contributed by atoms with Crippen LogP contribution < -0.4 is 4.74 Å². The molecule has 3 rings (SSSR count). The maximum Gasteiger partial charge on any atom is 0.125 e. The summed E-state index contributed by atoms with van der Waals surface area (Å²) in [5, 5.41) is 0. The normalized spacial score (nSPS) is 26.3. The fourth-order valence-corrected chi connectivity index (χ4v) is 3.19. The number of benzene rings is 1. The van der Waals surface area contributed by atoms with Gasteiger partial charge in [-0.3, -0.25) is 0 Å². The van der Waals surface area contributed by atoms with Crippen molar-refractivity contribution in [2.24, 2.45) is 0 Å². The van der Waals surface area contributed by atoms with Gasteiger partial charge >= 0.3 is 0 Å². The number of ether oxygens (including phenoxy) is 2. The molecule has 20 heavy (non-hydrogen) atoms. The first-order chi connectivity index (χ1) is 9.60. The second-order valence-corrected chi connectivity index (χ2v) is 5.74. The zero-order valence-corrected chi connectivity index (χ0v) is 12.8. The SMILES string of the molecule is COc1ccc2c(c1)nc(CCl)n2C1(C)CCOC1C. The maximum absolute atomic E-state index is 6.11. The Labute approximate surface area is 123 Å². The lowest BCUT2D eigenvalue weighted by molar-refractivity contribution is 0.0766. The fourth-order valence-electron chi connectivity index (χ4n) is 3.02. The fraction of sp³-hybridized carbons (Fsp3) is 0.533. The molecule has 108 valence electrons. The lowest BCUT2D eigenvalue weighted by Crippen LogP contribution is -2.37. The number of imidazole rings is 1. The van der Waals surface area contributed by atoms with Crippen molar-refractivity contribution in [3.8, 4) is 5.75 Å². The Morgan fingerprint density at radius 3 is 2.95 bits per heavy atom. The lowest BCUT2D eigenvalue weighted by atomic mass is 9.93. The summed E-state index contributed by atoms with van der Waals surface area (Å²) in [6, 6.07) is 5.96. The number of hydrogen-bond donors (Lipinski definition) is 0. The predicted molar refractivity (Wildman–Crippen MR) is 79.5 cm³/mol. The molecule has 4 nitrogen and oxygen atoms in total. The Kier molecular flexibility index (Phi) is 3.38. The van der Waals surface area contributed by atoms with Gasteiger partial charge in [0.15, 0.2) is 0 Å². The van der Waals surface area contributed by atoms with E-state index in [-0.39, 0.29) is 11.6 Å². The molecule has 1 aliphatic rings. The summed E-state index contributed by atoms with van der Waals surface area (Å²) < 4.78 is 13.3. The first kappa shape index (κ1) is 13.7. The van der Waals surface area contributed by atoms with Gasteiger partial charge in [-0.15, -0.1) is 11.6 Å². The summed E-state index contributed by atoms with van der Waals surface area (Å²) >= 11 is 6.11. The van der Waals surface area contributed by atoms with Crippen molar-refractivity contribution in [1.82, 2.24) is 9.55 Å². The van der Waals surface area contributed by atoms with Gasteiger partial charge in [0.1, 0.15) is 11.6 Å². The third-order valence-corrected chi connectivity index (χ3v) is 4.65. The molecular formula is C15H19ClN2O2.